The lowest BCUT2D eigenvalue weighted by atomic mass is 10.2. The summed E-state index contributed by atoms with van der Waals surface area (Å²) in [5.41, 5.74) is -0.599. The molecular formula is C14H18BrN3O5. The van der Waals surface area contributed by atoms with Crippen LogP contribution in [0.2, 0.25) is 0 Å². The Hall–Kier alpha value is -2.03. The van der Waals surface area contributed by atoms with Gasteiger partial charge in [-0.25, -0.2) is 19.6 Å². The average Bonchev–Trinajstić information content (AvgIpc) is 2.42. The molecule has 0 aliphatic rings. The first-order chi connectivity index (χ1) is 10.6. The van der Waals surface area contributed by atoms with Gasteiger partial charge in [-0.05, 0) is 43.6 Å². The van der Waals surface area contributed by atoms with Crippen molar-refractivity contribution in [3.63, 3.8) is 0 Å². The van der Waals surface area contributed by atoms with Crippen molar-refractivity contribution in [1.82, 2.24) is 15.3 Å². The molecule has 1 amide bonds. The van der Waals surface area contributed by atoms with Crippen LogP contribution in [0.3, 0.4) is 0 Å². The standard InChI is InChI=1S/C14H18BrN3O5/c1-8(18-13(21)23-14(2,3)4)12(20)22-7-10(19)9-5-17-11(15)6-16-9/h5-6,8H,7H2,1-4H3,(H,18,21)/t8-/m0/s1. The third-order valence-corrected chi connectivity index (χ3v) is 2.75. The lowest BCUT2D eigenvalue weighted by Crippen LogP contribution is -2.42. The maximum atomic E-state index is 11.8. The van der Waals surface area contributed by atoms with Crippen molar-refractivity contribution in [2.75, 3.05) is 6.61 Å². The normalized spacial score (nSPS) is 12.2. The molecule has 9 heteroatoms. The van der Waals surface area contributed by atoms with Crippen molar-refractivity contribution in [2.45, 2.75) is 39.3 Å². The number of esters is 1. The molecule has 126 valence electrons. The molecule has 0 fully saturated rings. The van der Waals surface area contributed by atoms with Gasteiger partial charge < -0.3 is 14.8 Å². The second-order valence-electron chi connectivity index (χ2n) is 5.62. The summed E-state index contributed by atoms with van der Waals surface area (Å²) in [6, 6.07) is -0.950. The highest BCUT2D eigenvalue weighted by Crippen LogP contribution is 2.07. The zero-order valence-electron chi connectivity index (χ0n) is 13.3. The molecule has 0 aliphatic heterocycles. The highest BCUT2D eigenvalue weighted by atomic mass is 79.9. The number of halogens is 1. The van der Waals surface area contributed by atoms with Gasteiger partial charge in [-0.2, -0.15) is 0 Å². The van der Waals surface area contributed by atoms with E-state index in [-0.39, 0.29) is 5.69 Å². The van der Waals surface area contributed by atoms with Crippen molar-refractivity contribution < 1.29 is 23.9 Å². The monoisotopic (exact) mass is 387 g/mol. The first-order valence-corrected chi connectivity index (χ1v) is 7.54. The van der Waals surface area contributed by atoms with Crippen molar-refractivity contribution in [1.29, 1.82) is 0 Å². The molecule has 8 nitrogen and oxygen atoms in total. The van der Waals surface area contributed by atoms with Gasteiger partial charge in [0.05, 0.1) is 12.4 Å². The number of hydrogen-bond acceptors (Lipinski definition) is 7. The van der Waals surface area contributed by atoms with E-state index < -0.39 is 36.1 Å². The minimum Gasteiger partial charge on any atom is -0.456 e. The maximum absolute atomic E-state index is 11.8. The molecule has 23 heavy (non-hydrogen) atoms. The fraction of sp³-hybridized carbons (Fsp3) is 0.500. The highest BCUT2D eigenvalue weighted by molar-refractivity contribution is 9.10. The predicted molar refractivity (Wildman–Crippen MR) is 83.9 cm³/mol. The van der Waals surface area contributed by atoms with E-state index in [0.717, 1.165) is 0 Å². The van der Waals surface area contributed by atoms with Crippen molar-refractivity contribution in [3.8, 4) is 0 Å². The van der Waals surface area contributed by atoms with Crippen LogP contribution in [0, 0.1) is 0 Å². The maximum Gasteiger partial charge on any atom is 0.408 e. The number of nitrogens with one attached hydrogen (secondary N) is 1. The molecule has 0 spiro atoms. The number of carbonyl (C=O) groups is 3. The Kier molecular flexibility index (Phi) is 6.62. The molecule has 1 heterocycles. The zero-order chi connectivity index (χ0) is 17.6. The van der Waals surface area contributed by atoms with E-state index in [9.17, 15) is 14.4 Å². The van der Waals surface area contributed by atoms with Gasteiger partial charge >= 0.3 is 12.1 Å². The van der Waals surface area contributed by atoms with Crippen LogP contribution >= 0.6 is 15.9 Å². The summed E-state index contributed by atoms with van der Waals surface area (Å²) in [6.45, 7) is 6.04. The summed E-state index contributed by atoms with van der Waals surface area (Å²) in [5.74, 6) is -1.25. The van der Waals surface area contributed by atoms with Gasteiger partial charge in [-0.15, -0.1) is 0 Å². The first kappa shape index (κ1) is 19.0. The molecule has 0 radical (unpaired) electrons. The second kappa shape index (κ2) is 8.00. The topological polar surface area (TPSA) is 107 Å². The lowest BCUT2D eigenvalue weighted by molar-refractivity contribution is -0.144. The van der Waals surface area contributed by atoms with E-state index in [0.29, 0.717) is 4.60 Å². The Bertz CT molecular complexity index is 583. The predicted octanol–water partition coefficient (Wildman–Crippen LogP) is 1.88. The van der Waals surface area contributed by atoms with Crippen LogP contribution in [0.1, 0.15) is 38.2 Å². The first-order valence-electron chi connectivity index (χ1n) is 6.75. The van der Waals surface area contributed by atoms with E-state index in [1.54, 1.807) is 20.8 Å². The summed E-state index contributed by atoms with van der Waals surface area (Å²) in [7, 11) is 0. The summed E-state index contributed by atoms with van der Waals surface area (Å²) in [4.78, 5) is 42.8. The number of hydrogen-bond donors (Lipinski definition) is 1. The Balaban J connectivity index is 2.45. The molecule has 0 saturated heterocycles. The van der Waals surface area contributed by atoms with Crippen molar-refractivity contribution in [2.24, 2.45) is 0 Å². The van der Waals surface area contributed by atoms with Crippen LogP contribution in [0.15, 0.2) is 17.0 Å². The SMILES string of the molecule is C[C@H](NC(=O)OC(C)(C)C)C(=O)OCC(=O)c1cnc(Br)cn1. The number of ether oxygens (including phenoxy) is 2. The minimum atomic E-state index is -0.950. The van der Waals surface area contributed by atoms with Crippen LogP contribution in [-0.4, -0.2) is 46.1 Å². The molecule has 1 aromatic heterocycles. The number of rotatable bonds is 5. The molecule has 0 bridgehead atoms. The van der Waals surface area contributed by atoms with E-state index in [2.05, 4.69) is 31.2 Å². The van der Waals surface area contributed by atoms with E-state index in [4.69, 9.17) is 9.47 Å². The van der Waals surface area contributed by atoms with Crippen LogP contribution in [-0.2, 0) is 14.3 Å². The molecule has 0 aliphatic carbocycles. The Morgan fingerprint density at radius 1 is 1.26 bits per heavy atom. The molecular weight excluding hydrogens is 370 g/mol. The summed E-state index contributed by atoms with van der Waals surface area (Å²) in [5, 5.41) is 2.33. The number of alkyl carbamates (subject to hydrolysis) is 1. The van der Waals surface area contributed by atoms with Crippen LogP contribution in [0.4, 0.5) is 4.79 Å². The fourth-order valence-corrected chi connectivity index (χ4v) is 1.54. The lowest BCUT2D eigenvalue weighted by Gasteiger charge is -2.21. The number of amides is 1. The summed E-state index contributed by atoms with van der Waals surface area (Å²) >= 11 is 3.10. The van der Waals surface area contributed by atoms with Gasteiger partial charge in [-0.1, -0.05) is 0 Å². The van der Waals surface area contributed by atoms with Gasteiger partial charge in [0.1, 0.15) is 21.9 Å². The van der Waals surface area contributed by atoms with E-state index in [1.807, 2.05) is 0 Å². The second-order valence-corrected chi connectivity index (χ2v) is 6.44. The number of ketones is 1. The zero-order valence-corrected chi connectivity index (χ0v) is 14.8. The number of nitrogens with zero attached hydrogens (tertiary/aromatic N) is 2. The number of carbonyl (C=O) groups excluding carboxylic acids is 3. The largest absolute Gasteiger partial charge is 0.456 e. The smallest absolute Gasteiger partial charge is 0.408 e. The molecule has 1 N–H and O–H groups in total. The van der Waals surface area contributed by atoms with Crippen LogP contribution in [0.25, 0.3) is 0 Å². The third kappa shape index (κ3) is 7.18. The molecule has 0 saturated carbocycles. The van der Waals surface area contributed by atoms with Crippen LogP contribution in [0.5, 0.6) is 0 Å². The average molecular weight is 388 g/mol. The summed E-state index contributed by atoms with van der Waals surface area (Å²) < 4.78 is 10.3. The molecule has 0 aromatic carbocycles. The highest BCUT2D eigenvalue weighted by Gasteiger charge is 2.22. The molecule has 1 aromatic rings. The van der Waals surface area contributed by atoms with Gasteiger partial charge in [0.25, 0.3) is 0 Å². The van der Waals surface area contributed by atoms with Gasteiger partial charge in [0.2, 0.25) is 5.78 Å². The Labute approximate surface area is 142 Å². The summed E-state index contributed by atoms with van der Waals surface area (Å²) in [6.07, 6.45) is 1.89. The number of Topliss-reactive ketones (excluding diaryl/α,β-unsaturated/α-hetero) is 1. The van der Waals surface area contributed by atoms with E-state index in [1.165, 1.54) is 19.3 Å². The molecule has 1 rings (SSSR count). The van der Waals surface area contributed by atoms with Gasteiger partial charge in [0.15, 0.2) is 6.61 Å². The van der Waals surface area contributed by atoms with Gasteiger partial charge in [0, 0.05) is 0 Å². The third-order valence-electron chi connectivity index (χ3n) is 2.34. The minimum absolute atomic E-state index is 0.0776. The van der Waals surface area contributed by atoms with E-state index >= 15 is 0 Å². The van der Waals surface area contributed by atoms with Crippen molar-refractivity contribution in [3.05, 3.63) is 22.7 Å². The molecule has 0 unspecified atom stereocenters. The Morgan fingerprint density at radius 3 is 2.43 bits per heavy atom. The fourth-order valence-electron chi connectivity index (χ4n) is 1.34. The van der Waals surface area contributed by atoms with Gasteiger partial charge in [-0.3, -0.25) is 4.79 Å². The Morgan fingerprint density at radius 2 is 1.91 bits per heavy atom. The molecule has 1 atom stereocenters. The van der Waals surface area contributed by atoms with Crippen molar-refractivity contribution >= 4 is 33.8 Å². The number of aromatic nitrogens is 2. The van der Waals surface area contributed by atoms with Crippen LogP contribution < -0.4 is 5.32 Å². The quantitative estimate of drug-likeness (QED) is 0.606.